The molecule has 1 aromatic heterocycles. The van der Waals surface area contributed by atoms with Gasteiger partial charge in [0.15, 0.2) is 5.76 Å². The molecule has 0 saturated carbocycles. The van der Waals surface area contributed by atoms with Gasteiger partial charge in [-0.15, -0.1) is 0 Å². The van der Waals surface area contributed by atoms with Gasteiger partial charge in [-0.1, -0.05) is 26.0 Å². The van der Waals surface area contributed by atoms with Gasteiger partial charge < -0.3 is 20.6 Å². The van der Waals surface area contributed by atoms with Crippen LogP contribution in [0.3, 0.4) is 0 Å². The number of nitrogens with two attached hydrogens (primary N) is 1. The second-order valence-corrected chi connectivity index (χ2v) is 5.32. The monoisotopic (exact) mass is 280 g/mol. The van der Waals surface area contributed by atoms with Crippen LogP contribution in [0.25, 0.3) is 0 Å². The van der Waals surface area contributed by atoms with Crippen LogP contribution in [0.5, 0.6) is 0 Å². The molecule has 112 valence electrons. The Balaban J connectivity index is 2.74. The van der Waals surface area contributed by atoms with Crippen LogP contribution < -0.4 is 11.1 Å². The molecule has 0 aliphatic carbocycles. The zero-order valence-electron chi connectivity index (χ0n) is 12.3. The second kappa shape index (κ2) is 7.26. The van der Waals surface area contributed by atoms with E-state index in [0.29, 0.717) is 18.8 Å². The number of carbonyl (C=O) groups is 1. The Morgan fingerprint density at radius 2 is 2.25 bits per heavy atom. The molecule has 0 aromatic carbocycles. The molecular weight excluding hydrogens is 256 g/mol. The van der Waals surface area contributed by atoms with E-state index in [-0.39, 0.29) is 11.7 Å². The number of hydrogen-bond donors (Lipinski definition) is 3. The summed E-state index contributed by atoms with van der Waals surface area (Å²) in [6.45, 7) is 6.74. The van der Waals surface area contributed by atoms with Crippen molar-refractivity contribution in [2.24, 2.45) is 11.1 Å². The number of hydrogen-bond acceptors (Lipinski definition) is 4. The fourth-order valence-electron chi connectivity index (χ4n) is 1.90. The van der Waals surface area contributed by atoms with Crippen molar-refractivity contribution in [1.29, 1.82) is 0 Å². The van der Waals surface area contributed by atoms with Gasteiger partial charge in [0.25, 0.3) is 5.91 Å². The third-order valence-electron chi connectivity index (χ3n) is 3.09. The number of carbonyl (C=O) groups excluding carboxylic acids is 1. The third-order valence-corrected chi connectivity index (χ3v) is 3.09. The highest BCUT2D eigenvalue weighted by Gasteiger charge is 2.29. The molecule has 4 N–H and O–H groups in total. The zero-order valence-corrected chi connectivity index (χ0v) is 12.3. The molecule has 1 aromatic rings. The summed E-state index contributed by atoms with van der Waals surface area (Å²) in [6, 6.07) is 3.20. The molecule has 1 rings (SSSR count). The SMILES string of the molecule is CC=CC(C)(C)C(O)c1ccc(C(=O)NCCCN)o1. The molecule has 0 aliphatic heterocycles. The normalized spacial score (nSPS) is 13.7. The van der Waals surface area contributed by atoms with Gasteiger partial charge >= 0.3 is 0 Å². The molecule has 1 amide bonds. The average Bonchev–Trinajstić information content (AvgIpc) is 2.87. The number of rotatable bonds is 7. The minimum Gasteiger partial charge on any atom is -0.453 e. The summed E-state index contributed by atoms with van der Waals surface area (Å²) in [5.41, 5.74) is 4.90. The van der Waals surface area contributed by atoms with Gasteiger partial charge in [0.2, 0.25) is 0 Å². The fourth-order valence-corrected chi connectivity index (χ4v) is 1.90. The molecule has 0 saturated heterocycles. The van der Waals surface area contributed by atoms with Crippen molar-refractivity contribution in [3.05, 3.63) is 35.8 Å². The first-order valence-electron chi connectivity index (χ1n) is 6.82. The van der Waals surface area contributed by atoms with Gasteiger partial charge in [0.1, 0.15) is 11.9 Å². The lowest BCUT2D eigenvalue weighted by Gasteiger charge is -2.25. The largest absolute Gasteiger partial charge is 0.453 e. The van der Waals surface area contributed by atoms with E-state index in [4.69, 9.17) is 10.2 Å². The van der Waals surface area contributed by atoms with E-state index in [2.05, 4.69) is 5.32 Å². The van der Waals surface area contributed by atoms with Crippen LogP contribution in [0.15, 0.2) is 28.7 Å². The summed E-state index contributed by atoms with van der Waals surface area (Å²) >= 11 is 0. The first kappa shape index (κ1) is 16.5. The van der Waals surface area contributed by atoms with Gasteiger partial charge in [-0.3, -0.25) is 4.79 Å². The Bertz CT molecular complexity index is 463. The van der Waals surface area contributed by atoms with Crippen molar-refractivity contribution in [2.75, 3.05) is 13.1 Å². The topological polar surface area (TPSA) is 88.5 Å². The van der Waals surface area contributed by atoms with Crippen LogP contribution >= 0.6 is 0 Å². The fraction of sp³-hybridized carbons (Fsp3) is 0.533. The Labute approximate surface area is 119 Å². The lowest BCUT2D eigenvalue weighted by Crippen LogP contribution is -2.25. The molecule has 0 aliphatic rings. The van der Waals surface area contributed by atoms with Crippen LogP contribution in [-0.2, 0) is 0 Å². The van der Waals surface area contributed by atoms with Crippen LogP contribution in [0.2, 0.25) is 0 Å². The van der Waals surface area contributed by atoms with Gasteiger partial charge in [0, 0.05) is 12.0 Å². The van der Waals surface area contributed by atoms with E-state index >= 15 is 0 Å². The predicted octanol–water partition coefficient (Wildman–Crippen LogP) is 1.99. The minimum atomic E-state index is -0.802. The van der Waals surface area contributed by atoms with Crippen LogP contribution in [0, 0.1) is 5.41 Å². The van der Waals surface area contributed by atoms with E-state index < -0.39 is 11.5 Å². The predicted molar refractivity (Wildman–Crippen MR) is 78.3 cm³/mol. The Hall–Kier alpha value is -1.59. The quantitative estimate of drug-likeness (QED) is 0.526. The molecule has 1 unspecified atom stereocenters. The van der Waals surface area contributed by atoms with E-state index in [0.717, 1.165) is 6.42 Å². The summed E-state index contributed by atoms with van der Waals surface area (Å²) in [4.78, 5) is 11.8. The zero-order chi connectivity index (χ0) is 15.2. The molecule has 5 heteroatoms. The lowest BCUT2D eigenvalue weighted by molar-refractivity contribution is 0.0590. The minimum absolute atomic E-state index is 0.201. The van der Waals surface area contributed by atoms with Gasteiger partial charge in [-0.25, -0.2) is 0 Å². The smallest absolute Gasteiger partial charge is 0.286 e. The summed E-state index contributed by atoms with van der Waals surface area (Å²) in [7, 11) is 0. The summed E-state index contributed by atoms with van der Waals surface area (Å²) < 4.78 is 5.44. The highest BCUT2D eigenvalue weighted by atomic mass is 16.4. The number of amides is 1. The maximum atomic E-state index is 11.8. The first-order chi connectivity index (χ1) is 9.42. The molecule has 5 nitrogen and oxygen atoms in total. The van der Waals surface area contributed by atoms with Crippen LogP contribution in [-0.4, -0.2) is 24.1 Å². The van der Waals surface area contributed by atoms with Crippen molar-refractivity contribution >= 4 is 5.91 Å². The van der Waals surface area contributed by atoms with E-state index in [1.165, 1.54) is 0 Å². The second-order valence-electron chi connectivity index (χ2n) is 5.32. The average molecular weight is 280 g/mol. The molecule has 1 heterocycles. The van der Waals surface area contributed by atoms with Crippen LogP contribution in [0.1, 0.15) is 49.6 Å². The van der Waals surface area contributed by atoms with E-state index in [9.17, 15) is 9.90 Å². The highest BCUT2D eigenvalue weighted by molar-refractivity contribution is 5.91. The molecule has 0 fully saturated rings. The Morgan fingerprint density at radius 3 is 2.85 bits per heavy atom. The number of aliphatic hydroxyl groups excluding tert-OH is 1. The molecule has 0 bridgehead atoms. The number of nitrogens with one attached hydrogen (secondary N) is 1. The molecule has 20 heavy (non-hydrogen) atoms. The molecule has 0 spiro atoms. The number of allylic oxidation sites excluding steroid dienone is 1. The third kappa shape index (κ3) is 4.21. The lowest BCUT2D eigenvalue weighted by atomic mass is 9.85. The maximum Gasteiger partial charge on any atom is 0.286 e. The van der Waals surface area contributed by atoms with Crippen LogP contribution in [0.4, 0.5) is 0 Å². The summed E-state index contributed by atoms with van der Waals surface area (Å²) in [5.74, 6) is 0.296. The number of furan rings is 1. The molecule has 1 atom stereocenters. The highest BCUT2D eigenvalue weighted by Crippen LogP contribution is 2.35. The summed E-state index contributed by atoms with van der Waals surface area (Å²) in [6.07, 6.45) is 3.70. The van der Waals surface area contributed by atoms with Gasteiger partial charge in [-0.2, -0.15) is 0 Å². The standard InChI is InChI=1S/C15H24N2O3/c1-4-8-15(2,3)13(18)11-6-7-12(20-11)14(19)17-10-5-9-16/h4,6-8,13,18H,5,9-10,16H2,1-3H3,(H,17,19). The van der Waals surface area contributed by atoms with Gasteiger partial charge in [-0.05, 0) is 32.0 Å². The van der Waals surface area contributed by atoms with Crippen molar-refractivity contribution in [1.82, 2.24) is 5.32 Å². The first-order valence-corrected chi connectivity index (χ1v) is 6.82. The van der Waals surface area contributed by atoms with Crippen molar-refractivity contribution in [2.45, 2.75) is 33.3 Å². The summed E-state index contributed by atoms with van der Waals surface area (Å²) in [5, 5.41) is 13.0. The maximum absolute atomic E-state index is 11.8. The Kier molecular flexibility index (Phi) is 5.98. The molecular formula is C15H24N2O3. The van der Waals surface area contributed by atoms with E-state index in [1.807, 2.05) is 32.9 Å². The van der Waals surface area contributed by atoms with Crippen molar-refractivity contribution in [3.8, 4) is 0 Å². The molecule has 0 radical (unpaired) electrons. The Morgan fingerprint density at radius 1 is 1.55 bits per heavy atom. The van der Waals surface area contributed by atoms with Crippen molar-refractivity contribution < 1.29 is 14.3 Å². The number of aliphatic hydroxyl groups is 1. The van der Waals surface area contributed by atoms with Gasteiger partial charge in [0.05, 0.1) is 0 Å². The van der Waals surface area contributed by atoms with Crippen molar-refractivity contribution in [3.63, 3.8) is 0 Å². The van der Waals surface area contributed by atoms with E-state index in [1.54, 1.807) is 12.1 Å².